The summed E-state index contributed by atoms with van der Waals surface area (Å²) in [6.45, 7) is 1.15. The molecule has 1 N–H and O–H groups in total. The average Bonchev–Trinajstić information content (AvgIpc) is 3.26. The summed E-state index contributed by atoms with van der Waals surface area (Å²) in [7, 11) is 0. The highest BCUT2D eigenvalue weighted by Crippen LogP contribution is 2.39. The molecule has 2 amide bonds. The number of hydrogen-bond acceptors (Lipinski definition) is 5. The van der Waals surface area contributed by atoms with Gasteiger partial charge in [0.15, 0.2) is 0 Å². The second-order valence-corrected chi connectivity index (χ2v) is 8.72. The fourth-order valence-corrected chi connectivity index (χ4v) is 4.73. The first-order valence-electron chi connectivity index (χ1n) is 10.8. The van der Waals surface area contributed by atoms with Crippen molar-refractivity contribution >= 4 is 17.5 Å². The first kappa shape index (κ1) is 24.6. The number of β-amino-alcohol motifs (C(OH)–C–C–N with tert-alkyl or cyclic N) is 1. The number of likely N-dealkylation sites (tertiary alicyclic amines) is 1. The Hall–Kier alpha value is -3.49. The van der Waals surface area contributed by atoms with Gasteiger partial charge in [0.25, 0.3) is 0 Å². The Morgan fingerprint density at radius 1 is 1.23 bits per heavy atom. The molecule has 0 saturated carbocycles. The number of piperazine rings is 1. The van der Waals surface area contributed by atoms with E-state index in [0.717, 1.165) is 23.1 Å². The monoisotopic (exact) mass is 490 g/mol. The number of nitrogens with zero attached hydrogens (tertiary/aromatic N) is 4. The second-order valence-electron chi connectivity index (χ2n) is 8.72. The van der Waals surface area contributed by atoms with Gasteiger partial charge in [-0.2, -0.15) is 18.4 Å². The highest BCUT2D eigenvalue weighted by atomic mass is 19.4. The summed E-state index contributed by atoms with van der Waals surface area (Å²) in [5, 5.41) is 20.1. The van der Waals surface area contributed by atoms with Crippen LogP contribution in [0.4, 0.5) is 23.2 Å². The minimum Gasteiger partial charge on any atom is -0.376 e. The fourth-order valence-electron chi connectivity index (χ4n) is 4.73. The van der Waals surface area contributed by atoms with Crippen LogP contribution in [0, 0.1) is 17.1 Å². The van der Waals surface area contributed by atoms with Crippen molar-refractivity contribution in [2.75, 3.05) is 24.5 Å². The molecule has 0 bridgehead atoms. The quantitative estimate of drug-likeness (QED) is 0.669. The summed E-state index contributed by atoms with van der Waals surface area (Å²) in [4.78, 5) is 29.9. The predicted molar refractivity (Wildman–Crippen MR) is 116 cm³/mol. The molecule has 35 heavy (non-hydrogen) atoms. The van der Waals surface area contributed by atoms with E-state index in [0.29, 0.717) is 5.56 Å². The molecule has 2 fully saturated rings. The Kier molecular flexibility index (Phi) is 6.29. The topological polar surface area (TPSA) is 87.9 Å². The molecule has 2 aliphatic heterocycles. The zero-order valence-corrected chi connectivity index (χ0v) is 18.7. The van der Waals surface area contributed by atoms with Crippen LogP contribution in [0.15, 0.2) is 42.5 Å². The van der Waals surface area contributed by atoms with Crippen LogP contribution in [0.2, 0.25) is 0 Å². The van der Waals surface area contributed by atoms with E-state index in [-0.39, 0.29) is 49.8 Å². The maximum atomic E-state index is 14.8. The number of rotatable bonds is 3. The van der Waals surface area contributed by atoms with Gasteiger partial charge in [0.1, 0.15) is 17.6 Å². The highest BCUT2D eigenvalue weighted by molar-refractivity contribution is 6.02. The molecule has 2 heterocycles. The molecule has 1 spiro atoms. The van der Waals surface area contributed by atoms with Crippen molar-refractivity contribution in [1.29, 1.82) is 5.26 Å². The Labute approximate surface area is 198 Å². The summed E-state index contributed by atoms with van der Waals surface area (Å²) in [5.74, 6) is -1.63. The molecule has 7 nitrogen and oxygen atoms in total. The van der Waals surface area contributed by atoms with Crippen molar-refractivity contribution in [3.05, 3.63) is 65.0 Å². The van der Waals surface area contributed by atoms with E-state index in [2.05, 4.69) is 0 Å². The average molecular weight is 490 g/mol. The summed E-state index contributed by atoms with van der Waals surface area (Å²) in [6.07, 6.45) is -5.64. The predicted octanol–water partition coefficient (Wildman–Crippen LogP) is 2.87. The van der Waals surface area contributed by atoms with Gasteiger partial charge in [0, 0.05) is 26.6 Å². The van der Waals surface area contributed by atoms with E-state index in [9.17, 15) is 32.3 Å². The minimum absolute atomic E-state index is 0.0551. The number of aliphatic hydroxyl groups is 1. The van der Waals surface area contributed by atoms with E-state index in [1.54, 1.807) is 0 Å². The molecular weight excluding hydrogens is 468 g/mol. The second kappa shape index (κ2) is 8.94. The van der Waals surface area contributed by atoms with E-state index < -0.39 is 35.2 Å². The van der Waals surface area contributed by atoms with Gasteiger partial charge in [0.05, 0.1) is 29.4 Å². The number of amides is 2. The zero-order chi connectivity index (χ0) is 25.5. The van der Waals surface area contributed by atoms with Gasteiger partial charge in [-0.15, -0.1) is 0 Å². The molecule has 2 aliphatic rings. The van der Waals surface area contributed by atoms with Crippen molar-refractivity contribution in [2.24, 2.45) is 0 Å². The van der Waals surface area contributed by atoms with Crippen LogP contribution >= 0.6 is 0 Å². The number of halogens is 4. The molecule has 11 heteroatoms. The van der Waals surface area contributed by atoms with Crippen LogP contribution in [0.25, 0.3) is 0 Å². The summed E-state index contributed by atoms with van der Waals surface area (Å²) >= 11 is 0. The summed E-state index contributed by atoms with van der Waals surface area (Å²) in [6, 6.07) is 9.86. The zero-order valence-electron chi connectivity index (χ0n) is 18.7. The number of aliphatic hydroxyl groups excluding tert-OH is 1. The maximum absolute atomic E-state index is 14.8. The molecule has 2 aromatic carbocycles. The Balaban J connectivity index is 1.70. The van der Waals surface area contributed by atoms with E-state index in [4.69, 9.17) is 5.26 Å². The standard InChI is InChI=1S/C24H22F4N4O3/c1-15(33)30-9-8-23(14-30)22(35)31(20-7-4-17(11-29)10-19(20)25)13-21(34)32(23)12-16-2-5-18(6-3-16)24(26,27)28/h2-7,10,21,34H,8-9,12-14H2,1H3/t21?,23-/m0/s1. The van der Waals surface area contributed by atoms with Gasteiger partial charge < -0.3 is 14.9 Å². The van der Waals surface area contributed by atoms with Crippen LogP contribution < -0.4 is 4.90 Å². The molecular formula is C24H22F4N4O3. The lowest BCUT2D eigenvalue weighted by Crippen LogP contribution is -2.70. The lowest BCUT2D eigenvalue weighted by Gasteiger charge is -2.50. The first-order chi connectivity index (χ1) is 16.5. The number of alkyl halides is 3. The van der Waals surface area contributed by atoms with Crippen molar-refractivity contribution in [2.45, 2.75) is 37.8 Å². The van der Waals surface area contributed by atoms with Gasteiger partial charge in [0.2, 0.25) is 11.8 Å². The number of carbonyl (C=O) groups excluding carboxylic acids is 2. The van der Waals surface area contributed by atoms with Crippen LogP contribution in [0.1, 0.15) is 30.0 Å². The summed E-state index contributed by atoms with van der Waals surface area (Å²) < 4.78 is 53.6. The van der Waals surface area contributed by atoms with Gasteiger partial charge >= 0.3 is 6.18 Å². The third kappa shape index (κ3) is 4.47. The molecule has 1 unspecified atom stereocenters. The molecule has 2 atom stereocenters. The third-order valence-electron chi connectivity index (χ3n) is 6.59. The molecule has 4 rings (SSSR count). The van der Waals surface area contributed by atoms with Gasteiger partial charge in [-0.05, 0) is 42.3 Å². The minimum atomic E-state index is -4.50. The normalized spacial score (nSPS) is 23.1. The first-order valence-corrected chi connectivity index (χ1v) is 10.8. The Morgan fingerprint density at radius 3 is 2.46 bits per heavy atom. The lowest BCUT2D eigenvalue weighted by atomic mass is 9.89. The SMILES string of the molecule is CC(=O)N1CC[C@]2(C1)C(=O)N(c1ccc(C#N)cc1F)CC(O)N2Cc1ccc(C(F)(F)F)cc1. The molecule has 0 aromatic heterocycles. The Morgan fingerprint density at radius 2 is 1.91 bits per heavy atom. The van der Waals surface area contributed by atoms with Crippen LogP contribution in [-0.4, -0.2) is 58.1 Å². The van der Waals surface area contributed by atoms with Crippen molar-refractivity contribution in [1.82, 2.24) is 9.80 Å². The number of anilines is 1. The van der Waals surface area contributed by atoms with Gasteiger partial charge in [-0.1, -0.05) is 12.1 Å². The van der Waals surface area contributed by atoms with Crippen molar-refractivity contribution < 1.29 is 32.3 Å². The molecule has 2 saturated heterocycles. The largest absolute Gasteiger partial charge is 0.416 e. The third-order valence-corrected chi connectivity index (χ3v) is 6.59. The fraction of sp³-hybridized carbons (Fsp3) is 0.375. The molecule has 184 valence electrons. The van der Waals surface area contributed by atoms with E-state index in [1.807, 2.05) is 6.07 Å². The van der Waals surface area contributed by atoms with Crippen LogP contribution in [0.5, 0.6) is 0 Å². The Bertz CT molecular complexity index is 1190. The molecule has 0 aliphatic carbocycles. The van der Waals surface area contributed by atoms with Gasteiger partial charge in [-0.3, -0.25) is 14.5 Å². The van der Waals surface area contributed by atoms with Crippen LogP contribution in [0.3, 0.4) is 0 Å². The highest BCUT2D eigenvalue weighted by Gasteiger charge is 2.57. The van der Waals surface area contributed by atoms with Crippen LogP contribution in [-0.2, 0) is 22.3 Å². The number of nitriles is 1. The van der Waals surface area contributed by atoms with Crippen molar-refractivity contribution in [3.8, 4) is 6.07 Å². The maximum Gasteiger partial charge on any atom is 0.416 e. The molecule has 2 aromatic rings. The smallest absolute Gasteiger partial charge is 0.376 e. The number of carbonyl (C=O) groups is 2. The molecule has 0 radical (unpaired) electrons. The van der Waals surface area contributed by atoms with E-state index in [1.165, 1.54) is 41.0 Å². The van der Waals surface area contributed by atoms with Gasteiger partial charge in [-0.25, -0.2) is 4.39 Å². The lowest BCUT2D eigenvalue weighted by molar-refractivity contribution is -0.150. The number of hydrogen-bond donors (Lipinski definition) is 1. The number of benzene rings is 2. The van der Waals surface area contributed by atoms with Crippen molar-refractivity contribution in [3.63, 3.8) is 0 Å². The van der Waals surface area contributed by atoms with E-state index >= 15 is 0 Å². The summed E-state index contributed by atoms with van der Waals surface area (Å²) in [5.41, 5.74) is -1.84.